The van der Waals surface area contributed by atoms with Crippen LogP contribution in [0.4, 0.5) is 0 Å². The molecule has 2 N–H and O–H groups in total. The molecule has 0 aromatic heterocycles. The molecule has 0 saturated carbocycles. The van der Waals surface area contributed by atoms with Gasteiger partial charge in [0.1, 0.15) is 0 Å². The number of aliphatic hydroxyl groups excluding tert-OH is 1. The van der Waals surface area contributed by atoms with E-state index < -0.39 is 10.0 Å². The second-order valence-corrected chi connectivity index (χ2v) is 5.86. The van der Waals surface area contributed by atoms with Crippen molar-refractivity contribution in [3.8, 4) is 0 Å². The molecule has 1 rings (SSSR count). The van der Waals surface area contributed by atoms with Crippen molar-refractivity contribution in [1.29, 1.82) is 0 Å². The minimum absolute atomic E-state index is 0.0882. The van der Waals surface area contributed by atoms with Gasteiger partial charge in [-0.25, -0.2) is 13.1 Å². The van der Waals surface area contributed by atoms with Crippen molar-refractivity contribution >= 4 is 10.0 Å². The smallest absolute Gasteiger partial charge is 0.240 e. The first-order valence-corrected chi connectivity index (χ1v) is 7.36. The number of benzene rings is 1. The predicted molar refractivity (Wildman–Crippen MR) is 70.7 cm³/mol. The van der Waals surface area contributed by atoms with Gasteiger partial charge in [-0.3, -0.25) is 0 Å². The summed E-state index contributed by atoms with van der Waals surface area (Å²) in [7, 11) is -1.51. The Bertz CT molecular complexity index is 457. The maximum atomic E-state index is 11.9. The number of aliphatic hydroxyl groups is 1. The number of nitrogens with zero attached hydrogens (tertiary/aromatic N) is 1. The van der Waals surface area contributed by atoms with Crippen molar-refractivity contribution < 1.29 is 13.5 Å². The number of rotatable bonds is 7. The summed E-state index contributed by atoms with van der Waals surface area (Å²) >= 11 is 0. The molecule has 0 aliphatic heterocycles. The summed E-state index contributed by atoms with van der Waals surface area (Å²) in [5, 5.41) is 8.89. The highest BCUT2D eigenvalue weighted by Crippen LogP contribution is 2.10. The molecule has 0 unspecified atom stereocenters. The monoisotopic (exact) mass is 272 g/mol. The van der Waals surface area contributed by atoms with Crippen LogP contribution in [0.2, 0.25) is 0 Å². The summed E-state index contributed by atoms with van der Waals surface area (Å²) in [5.74, 6) is 0. The van der Waals surface area contributed by atoms with Crippen molar-refractivity contribution in [2.75, 3.05) is 26.7 Å². The van der Waals surface area contributed by atoms with E-state index in [1.165, 1.54) is 12.1 Å². The number of sulfonamides is 1. The lowest BCUT2D eigenvalue weighted by atomic mass is 10.2. The zero-order valence-electron chi connectivity index (χ0n) is 10.8. The normalized spacial score (nSPS) is 12.0. The van der Waals surface area contributed by atoms with Crippen LogP contribution in [-0.2, 0) is 16.6 Å². The highest BCUT2D eigenvalue weighted by molar-refractivity contribution is 7.89. The van der Waals surface area contributed by atoms with Crippen LogP contribution in [0.3, 0.4) is 0 Å². The molecule has 0 radical (unpaired) electrons. The predicted octanol–water partition coefficient (Wildman–Crippen LogP) is 0.409. The Morgan fingerprint density at radius 3 is 2.39 bits per heavy atom. The Kier molecular flexibility index (Phi) is 5.74. The van der Waals surface area contributed by atoms with Crippen LogP contribution in [0.25, 0.3) is 0 Å². The molecule has 0 fully saturated rings. The fourth-order valence-electron chi connectivity index (χ4n) is 1.39. The molecule has 0 bridgehead atoms. The quantitative estimate of drug-likeness (QED) is 0.754. The Balaban J connectivity index is 2.62. The van der Waals surface area contributed by atoms with Crippen LogP contribution in [0.15, 0.2) is 29.2 Å². The third kappa shape index (κ3) is 4.38. The van der Waals surface area contributed by atoms with Crippen molar-refractivity contribution in [2.24, 2.45) is 0 Å². The van der Waals surface area contributed by atoms with Gasteiger partial charge in [0.05, 0.1) is 11.5 Å². The van der Waals surface area contributed by atoms with Crippen molar-refractivity contribution in [2.45, 2.75) is 18.4 Å². The van der Waals surface area contributed by atoms with Crippen LogP contribution >= 0.6 is 0 Å². The zero-order valence-corrected chi connectivity index (χ0v) is 11.6. The largest absolute Gasteiger partial charge is 0.392 e. The molecule has 1 aromatic rings. The van der Waals surface area contributed by atoms with Gasteiger partial charge in [0, 0.05) is 13.1 Å². The van der Waals surface area contributed by atoms with Gasteiger partial charge in [-0.1, -0.05) is 19.1 Å². The molecule has 0 aliphatic rings. The van der Waals surface area contributed by atoms with E-state index >= 15 is 0 Å². The average Bonchev–Trinajstić information content (AvgIpc) is 2.38. The molecule has 1 aromatic carbocycles. The molecule has 0 atom stereocenters. The molecule has 0 aliphatic carbocycles. The molecule has 5 nitrogen and oxygen atoms in total. The van der Waals surface area contributed by atoms with Crippen molar-refractivity contribution in [3.63, 3.8) is 0 Å². The molecule has 0 amide bonds. The summed E-state index contributed by atoms with van der Waals surface area (Å²) < 4.78 is 26.4. The van der Waals surface area contributed by atoms with E-state index in [0.29, 0.717) is 18.7 Å². The first-order valence-electron chi connectivity index (χ1n) is 5.87. The Morgan fingerprint density at radius 1 is 1.28 bits per heavy atom. The van der Waals surface area contributed by atoms with Gasteiger partial charge in [0.2, 0.25) is 10.0 Å². The van der Waals surface area contributed by atoms with E-state index in [1.807, 2.05) is 18.9 Å². The highest BCUT2D eigenvalue weighted by atomic mass is 32.2. The molecular formula is C12H20N2O3S. The fourth-order valence-corrected chi connectivity index (χ4v) is 2.41. The first kappa shape index (κ1) is 15.1. The van der Waals surface area contributed by atoms with Crippen molar-refractivity contribution in [3.05, 3.63) is 29.8 Å². The minimum Gasteiger partial charge on any atom is -0.392 e. The van der Waals surface area contributed by atoms with Gasteiger partial charge >= 0.3 is 0 Å². The lowest BCUT2D eigenvalue weighted by Gasteiger charge is -2.14. The molecular weight excluding hydrogens is 252 g/mol. The van der Waals surface area contributed by atoms with E-state index in [9.17, 15) is 8.42 Å². The SMILES string of the molecule is CCN(C)CCNS(=O)(=O)c1ccc(CO)cc1. The minimum atomic E-state index is -3.45. The van der Waals surface area contributed by atoms with Crippen LogP contribution in [0, 0.1) is 0 Å². The van der Waals surface area contributed by atoms with E-state index in [2.05, 4.69) is 4.72 Å². The number of hydrogen-bond acceptors (Lipinski definition) is 4. The van der Waals surface area contributed by atoms with E-state index in [-0.39, 0.29) is 11.5 Å². The van der Waals surface area contributed by atoms with Gasteiger partial charge in [0.15, 0.2) is 0 Å². The van der Waals surface area contributed by atoms with Gasteiger partial charge in [0.25, 0.3) is 0 Å². The van der Waals surface area contributed by atoms with E-state index in [1.54, 1.807) is 12.1 Å². The van der Waals surface area contributed by atoms with E-state index in [4.69, 9.17) is 5.11 Å². The summed E-state index contributed by atoms with van der Waals surface area (Å²) in [6, 6.07) is 6.20. The summed E-state index contributed by atoms with van der Waals surface area (Å²) in [6.07, 6.45) is 0. The fraction of sp³-hybridized carbons (Fsp3) is 0.500. The highest BCUT2D eigenvalue weighted by Gasteiger charge is 2.13. The Hall–Kier alpha value is -0.950. The number of likely N-dealkylation sites (N-methyl/N-ethyl adjacent to an activating group) is 1. The summed E-state index contributed by atoms with van der Waals surface area (Å²) in [4.78, 5) is 2.25. The van der Waals surface area contributed by atoms with Crippen LogP contribution in [0.1, 0.15) is 12.5 Å². The average molecular weight is 272 g/mol. The third-order valence-electron chi connectivity index (χ3n) is 2.74. The second kappa shape index (κ2) is 6.84. The van der Waals surface area contributed by atoms with Crippen LogP contribution in [-0.4, -0.2) is 45.1 Å². The first-order chi connectivity index (χ1) is 8.49. The third-order valence-corrected chi connectivity index (χ3v) is 4.22. The lowest BCUT2D eigenvalue weighted by Crippen LogP contribution is -2.32. The zero-order chi connectivity index (χ0) is 13.6. The standard InChI is InChI=1S/C12H20N2O3S/c1-3-14(2)9-8-13-18(16,17)12-6-4-11(10-15)5-7-12/h4-7,13,15H,3,8-10H2,1-2H3. The van der Waals surface area contributed by atoms with Crippen LogP contribution in [0.5, 0.6) is 0 Å². The van der Waals surface area contributed by atoms with Gasteiger partial charge in [-0.05, 0) is 31.3 Å². The lowest BCUT2D eigenvalue weighted by molar-refractivity contribution is 0.282. The van der Waals surface area contributed by atoms with Gasteiger partial charge in [-0.2, -0.15) is 0 Å². The Morgan fingerprint density at radius 2 is 1.89 bits per heavy atom. The molecule has 102 valence electrons. The maximum absolute atomic E-state index is 11.9. The van der Waals surface area contributed by atoms with Gasteiger partial charge < -0.3 is 10.0 Å². The summed E-state index contributed by atoms with van der Waals surface area (Å²) in [6.45, 7) is 3.86. The Labute approximate surface area is 108 Å². The molecule has 0 saturated heterocycles. The second-order valence-electron chi connectivity index (χ2n) is 4.10. The topological polar surface area (TPSA) is 69.6 Å². The number of hydrogen-bond donors (Lipinski definition) is 2. The van der Waals surface area contributed by atoms with Crippen LogP contribution < -0.4 is 4.72 Å². The molecule has 6 heteroatoms. The summed E-state index contributed by atoms with van der Waals surface area (Å²) in [5.41, 5.74) is 0.694. The molecule has 0 spiro atoms. The van der Waals surface area contributed by atoms with E-state index in [0.717, 1.165) is 6.54 Å². The molecule has 18 heavy (non-hydrogen) atoms. The molecule has 0 heterocycles. The van der Waals surface area contributed by atoms with Crippen molar-refractivity contribution in [1.82, 2.24) is 9.62 Å². The van der Waals surface area contributed by atoms with Gasteiger partial charge in [-0.15, -0.1) is 0 Å². The maximum Gasteiger partial charge on any atom is 0.240 e. The number of nitrogens with one attached hydrogen (secondary N) is 1.